The minimum Gasteiger partial charge on any atom is -0.426 e. The Morgan fingerprint density at radius 3 is 2.65 bits per heavy atom. The lowest BCUT2D eigenvalue weighted by molar-refractivity contribution is -0.138. The number of rotatable bonds is 5. The molecular weight excluding hydrogens is 326 g/mol. The summed E-state index contributed by atoms with van der Waals surface area (Å²) in [5, 5.41) is 12.0. The van der Waals surface area contributed by atoms with Crippen molar-refractivity contribution < 1.29 is 9.53 Å². The van der Waals surface area contributed by atoms with Crippen LogP contribution >= 0.6 is 0 Å². The molecule has 3 rings (SSSR count). The Hall–Kier alpha value is -3.34. The van der Waals surface area contributed by atoms with Gasteiger partial charge in [0.2, 0.25) is 0 Å². The number of ether oxygens (including phenoxy) is 1. The highest BCUT2D eigenvalue weighted by Crippen LogP contribution is 2.26. The number of carbonyl (C=O) groups excluding carboxylic acids is 1. The van der Waals surface area contributed by atoms with Gasteiger partial charge in [-0.1, -0.05) is 55.5 Å². The average Bonchev–Trinajstić information content (AvgIpc) is 2.61. The van der Waals surface area contributed by atoms with Gasteiger partial charge in [0.25, 0.3) is 0 Å². The van der Waals surface area contributed by atoms with Crippen LogP contribution in [0.3, 0.4) is 0 Å². The van der Waals surface area contributed by atoms with Crippen molar-refractivity contribution >= 4 is 28.4 Å². The van der Waals surface area contributed by atoms with E-state index >= 15 is 0 Å². The number of nitrogens with two attached hydrogens (primary N) is 1. The first-order chi connectivity index (χ1) is 12.5. The van der Waals surface area contributed by atoms with Crippen molar-refractivity contribution in [2.75, 3.05) is 5.32 Å². The van der Waals surface area contributed by atoms with Crippen LogP contribution in [0.1, 0.15) is 12.5 Å². The highest BCUT2D eigenvalue weighted by Gasteiger charge is 2.17. The van der Waals surface area contributed by atoms with Crippen LogP contribution < -0.4 is 15.8 Å². The summed E-state index contributed by atoms with van der Waals surface area (Å²) in [6, 6.07) is 21.0. The summed E-state index contributed by atoms with van der Waals surface area (Å²) in [4.78, 5) is 12.5. The zero-order valence-corrected chi connectivity index (χ0v) is 14.5. The van der Waals surface area contributed by atoms with Crippen molar-refractivity contribution in [3.05, 3.63) is 72.3 Å². The lowest BCUT2D eigenvalue weighted by Crippen LogP contribution is -2.21. The van der Waals surface area contributed by atoms with Gasteiger partial charge in [0, 0.05) is 11.1 Å². The third-order valence-electron chi connectivity index (χ3n) is 4.11. The third kappa shape index (κ3) is 4.19. The van der Waals surface area contributed by atoms with E-state index < -0.39 is 0 Å². The number of hydrogen-bond acceptors (Lipinski definition) is 3. The molecule has 5 nitrogen and oxygen atoms in total. The standard InChI is InChI=1S/C21H21N3O2/c1-14(12-15-6-4-9-17(13-15)24-21(22)23)20(25)26-19-11-5-8-16-7-2-3-10-18(16)19/h2-11,13-14H,12H2,1H3,(H4,22,23,24). The molecule has 3 aromatic rings. The van der Waals surface area contributed by atoms with E-state index in [0.717, 1.165) is 22.0 Å². The molecule has 0 aliphatic rings. The van der Waals surface area contributed by atoms with Gasteiger partial charge in [-0.2, -0.15) is 0 Å². The van der Waals surface area contributed by atoms with Crippen LogP contribution in [0, 0.1) is 11.3 Å². The molecule has 0 aliphatic carbocycles. The number of carbonyl (C=O) groups is 1. The van der Waals surface area contributed by atoms with Gasteiger partial charge in [0.05, 0.1) is 5.92 Å². The predicted octanol–water partition coefficient (Wildman–Crippen LogP) is 3.93. The van der Waals surface area contributed by atoms with Gasteiger partial charge in [-0.25, -0.2) is 0 Å². The van der Waals surface area contributed by atoms with Gasteiger partial charge in [0.1, 0.15) is 5.75 Å². The van der Waals surface area contributed by atoms with Crippen LogP contribution in [-0.2, 0) is 11.2 Å². The van der Waals surface area contributed by atoms with Crippen LogP contribution in [0.15, 0.2) is 66.7 Å². The molecule has 1 unspecified atom stereocenters. The third-order valence-corrected chi connectivity index (χ3v) is 4.11. The zero-order chi connectivity index (χ0) is 18.5. The number of esters is 1. The van der Waals surface area contributed by atoms with E-state index in [0.29, 0.717) is 12.2 Å². The second kappa shape index (κ2) is 7.70. The maximum atomic E-state index is 12.5. The summed E-state index contributed by atoms with van der Waals surface area (Å²) in [7, 11) is 0. The summed E-state index contributed by atoms with van der Waals surface area (Å²) in [6.07, 6.45) is 0.539. The molecule has 132 valence electrons. The fourth-order valence-electron chi connectivity index (χ4n) is 2.86. The average molecular weight is 347 g/mol. The molecule has 0 amide bonds. The molecule has 0 saturated carbocycles. The highest BCUT2D eigenvalue weighted by molar-refractivity contribution is 5.91. The lowest BCUT2D eigenvalue weighted by atomic mass is 10.0. The molecule has 0 bridgehead atoms. The molecule has 0 saturated heterocycles. The van der Waals surface area contributed by atoms with Crippen molar-refractivity contribution in [2.24, 2.45) is 11.7 Å². The van der Waals surface area contributed by atoms with Gasteiger partial charge >= 0.3 is 5.97 Å². The summed E-state index contributed by atoms with van der Waals surface area (Å²) < 4.78 is 5.65. The number of anilines is 1. The van der Waals surface area contributed by atoms with Crippen LogP contribution in [-0.4, -0.2) is 11.9 Å². The monoisotopic (exact) mass is 347 g/mol. The number of hydrogen-bond donors (Lipinski definition) is 3. The summed E-state index contributed by atoms with van der Waals surface area (Å²) >= 11 is 0. The van der Waals surface area contributed by atoms with E-state index in [1.165, 1.54) is 0 Å². The lowest BCUT2D eigenvalue weighted by Gasteiger charge is -2.13. The minimum atomic E-state index is -0.304. The minimum absolute atomic E-state index is 0.120. The maximum absolute atomic E-state index is 12.5. The Labute approximate surface area is 152 Å². The van der Waals surface area contributed by atoms with E-state index in [9.17, 15) is 4.79 Å². The van der Waals surface area contributed by atoms with Crippen molar-refractivity contribution in [1.29, 1.82) is 5.41 Å². The van der Waals surface area contributed by atoms with E-state index in [1.807, 2.05) is 73.7 Å². The van der Waals surface area contributed by atoms with Crippen LogP contribution in [0.4, 0.5) is 5.69 Å². The fourth-order valence-corrected chi connectivity index (χ4v) is 2.86. The first kappa shape index (κ1) is 17.5. The van der Waals surface area contributed by atoms with Crippen molar-refractivity contribution in [3.63, 3.8) is 0 Å². The van der Waals surface area contributed by atoms with Gasteiger partial charge in [-0.15, -0.1) is 0 Å². The quantitative estimate of drug-likeness (QED) is 0.282. The molecule has 1 atom stereocenters. The molecule has 0 fully saturated rings. The Morgan fingerprint density at radius 1 is 1.12 bits per heavy atom. The van der Waals surface area contributed by atoms with Crippen molar-refractivity contribution in [1.82, 2.24) is 0 Å². The Kier molecular flexibility index (Phi) is 5.17. The maximum Gasteiger partial charge on any atom is 0.314 e. The molecule has 4 N–H and O–H groups in total. The number of guanidine groups is 1. The molecule has 0 radical (unpaired) electrons. The van der Waals surface area contributed by atoms with Crippen LogP contribution in [0.5, 0.6) is 5.75 Å². The second-order valence-corrected chi connectivity index (χ2v) is 6.24. The largest absolute Gasteiger partial charge is 0.426 e. The Morgan fingerprint density at radius 2 is 1.85 bits per heavy atom. The number of fused-ring (bicyclic) bond motifs is 1. The van der Waals surface area contributed by atoms with E-state index in [2.05, 4.69) is 5.32 Å². The highest BCUT2D eigenvalue weighted by atomic mass is 16.5. The summed E-state index contributed by atoms with van der Waals surface area (Å²) in [5.41, 5.74) is 7.05. The first-order valence-corrected chi connectivity index (χ1v) is 8.42. The second-order valence-electron chi connectivity index (χ2n) is 6.24. The van der Waals surface area contributed by atoms with Crippen molar-refractivity contribution in [2.45, 2.75) is 13.3 Å². The number of nitrogens with one attached hydrogen (secondary N) is 2. The van der Waals surface area contributed by atoms with Crippen LogP contribution in [0.25, 0.3) is 10.8 Å². The smallest absolute Gasteiger partial charge is 0.314 e. The van der Waals surface area contributed by atoms with E-state index in [4.69, 9.17) is 15.9 Å². The van der Waals surface area contributed by atoms with E-state index in [1.54, 1.807) is 0 Å². The molecular formula is C21H21N3O2. The number of benzene rings is 3. The van der Waals surface area contributed by atoms with E-state index in [-0.39, 0.29) is 17.8 Å². The van der Waals surface area contributed by atoms with Gasteiger partial charge in [0.15, 0.2) is 5.96 Å². The van der Waals surface area contributed by atoms with Gasteiger partial charge in [-0.3, -0.25) is 10.2 Å². The predicted molar refractivity (Wildman–Crippen MR) is 104 cm³/mol. The fraction of sp³-hybridized carbons (Fsp3) is 0.143. The van der Waals surface area contributed by atoms with Crippen molar-refractivity contribution in [3.8, 4) is 5.75 Å². The topological polar surface area (TPSA) is 88.2 Å². The summed E-state index contributed by atoms with van der Waals surface area (Å²) in [6.45, 7) is 1.85. The Balaban J connectivity index is 1.71. The van der Waals surface area contributed by atoms with Gasteiger partial charge in [-0.05, 0) is 35.6 Å². The molecule has 0 spiro atoms. The molecule has 0 aliphatic heterocycles. The Bertz CT molecular complexity index is 947. The molecule has 5 heteroatoms. The van der Waals surface area contributed by atoms with Gasteiger partial charge < -0.3 is 15.8 Å². The SMILES string of the molecule is CC(Cc1cccc(NC(=N)N)c1)C(=O)Oc1cccc2ccccc12. The molecule has 26 heavy (non-hydrogen) atoms. The summed E-state index contributed by atoms with van der Waals surface area (Å²) in [5.74, 6) is -0.120. The molecule has 3 aromatic carbocycles. The first-order valence-electron chi connectivity index (χ1n) is 8.42. The van der Waals surface area contributed by atoms with Crippen LogP contribution in [0.2, 0.25) is 0 Å². The zero-order valence-electron chi connectivity index (χ0n) is 14.5. The molecule has 0 heterocycles. The normalized spacial score (nSPS) is 11.7. The molecule has 0 aromatic heterocycles.